The smallest absolute Gasteiger partial charge is 0.296 e. The first-order valence-corrected chi connectivity index (χ1v) is 8.90. The average Bonchev–Trinajstić information content (AvgIpc) is 2.61. The Morgan fingerprint density at radius 1 is 1.20 bits per heavy atom. The van der Waals surface area contributed by atoms with Crippen molar-refractivity contribution in [3.8, 4) is 5.75 Å². The van der Waals surface area contributed by atoms with Crippen molar-refractivity contribution >= 4 is 27.1 Å². The Kier molecular flexibility index (Phi) is 5.38. The predicted molar refractivity (Wildman–Crippen MR) is 91.8 cm³/mol. The Morgan fingerprint density at radius 2 is 1.84 bits per heavy atom. The number of hydrogen-bond donors (Lipinski definition) is 1. The molecule has 1 N–H and O–H groups in total. The van der Waals surface area contributed by atoms with Gasteiger partial charge < -0.3 is 10.1 Å². The van der Waals surface area contributed by atoms with Gasteiger partial charge in [-0.15, -0.1) is 0 Å². The summed E-state index contributed by atoms with van der Waals surface area (Å²) in [5, 5.41) is 13.6. The highest BCUT2D eigenvalue weighted by Crippen LogP contribution is 2.29. The average molecular weight is 364 g/mol. The van der Waals surface area contributed by atoms with Crippen molar-refractivity contribution < 1.29 is 22.9 Å². The van der Waals surface area contributed by atoms with Gasteiger partial charge in [-0.05, 0) is 36.4 Å². The van der Waals surface area contributed by atoms with E-state index >= 15 is 0 Å². The topological polar surface area (TPSA) is 116 Å². The number of benzene rings is 2. The highest BCUT2D eigenvalue weighted by molar-refractivity contribution is 7.91. The number of sulfone groups is 1. The maximum absolute atomic E-state index is 12.3. The summed E-state index contributed by atoms with van der Waals surface area (Å²) in [6.45, 7) is 1.53. The van der Waals surface area contributed by atoms with Crippen LogP contribution in [0.3, 0.4) is 0 Å². The second kappa shape index (κ2) is 7.31. The molecule has 0 aliphatic heterocycles. The molecule has 0 saturated heterocycles. The first-order valence-electron chi connectivity index (χ1n) is 7.25. The monoisotopic (exact) mass is 364 g/mol. The number of amides is 1. The molecule has 0 spiro atoms. The summed E-state index contributed by atoms with van der Waals surface area (Å²) in [4.78, 5) is 22.9. The zero-order valence-electron chi connectivity index (χ0n) is 13.6. The zero-order chi connectivity index (χ0) is 18.6. The normalized spacial score (nSPS) is 11.0. The Balaban J connectivity index is 2.27. The fourth-order valence-corrected chi connectivity index (χ4v) is 2.95. The van der Waals surface area contributed by atoms with E-state index in [2.05, 4.69) is 5.32 Å². The fourth-order valence-electron chi connectivity index (χ4n) is 2.07. The molecule has 0 bridgehead atoms. The number of nitrogens with zero attached hydrogens (tertiary/aromatic N) is 1. The Morgan fingerprint density at radius 3 is 2.36 bits per heavy atom. The van der Waals surface area contributed by atoms with E-state index in [9.17, 15) is 23.3 Å². The Hall–Kier alpha value is -2.94. The van der Waals surface area contributed by atoms with Gasteiger partial charge in [-0.3, -0.25) is 14.9 Å². The van der Waals surface area contributed by atoms with Crippen LogP contribution in [-0.4, -0.2) is 32.1 Å². The van der Waals surface area contributed by atoms with Crippen molar-refractivity contribution in [1.29, 1.82) is 0 Å². The number of ether oxygens (including phenoxy) is 1. The molecule has 0 aliphatic rings. The molecule has 1 amide bonds. The van der Waals surface area contributed by atoms with E-state index in [1.54, 1.807) is 0 Å². The summed E-state index contributed by atoms with van der Waals surface area (Å²) < 4.78 is 28.5. The number of methoxy groups -OCH3 is 1. The van der Waals surface area contributed by atoms with E-state index in [1.165, 1.54) is 56.5 Å². The molecule has 0 saturated carbocycles. The maximum atomic E-state index is 12.3. The third-order valence-corrected chi connectivity index (χ3v) is 5.26. The Bertz CT molecular complexity index is 907. The minimum Gasteiger partial charge on any atom is -0.496 e. The molecule has 2 aromatic rings. The van der Waals surface area contributed by atoms with Crippen LogP contribution in [-0.2, 0) is 9.84 Å². The molecule has 0 heterocycles. The third kappa shape index (κ3) is 4.13. The highest BCUT2D eigenvalue weighted by Gasteiger charge is 2.18. The van der Waals surface area contributed by atoms with Crippen molar-refractivity contribution in [2.75, 3.05) is 18.2 Å². The van der Waals surface area contributed by atoms with Gasteiger partial charge in [-0.2, -0.15) is 0 Å². The van der Waals surface area contributed by atoms with E-state index < -0.39 is 20.7 Å². The second-order valence-corrected chi connectivity index (χ2v) is 7.30. The molecule has 9 heteroatoms. The van der Waals surface area contributed by atoms with E-state index in [0.717, 1.165) is 0 Å². The largest absolute Gasteiger partial charge is 0.496 e. The molecule has 2 aromatic carbocycles. The third-order valence-electron chi connectivity index (χ3n) is 3.51. The first kappa shape index (κ1) is 18.4. The van der Waals surface area contributed by atoms with Crippen molar-refractivity contribution in [1.82, 2.24) is 0 Å². The van der Waals surface area contributed by atoms with Gasteiger partial charge in [0.05, 0.1) is 28.7 Å². The highest BCUT2D eigenvalue weighted by atomic mass is 32.2. The van der Waals surface area contributed by atoms with Crippen LogP contribution in [0.4, 0.5) is 11.4 Å². The van der Waals surface area contributed by atoms with Crippen LogP contribution in [0.2, 0.25) is 0 Å². The van der Waals surface area contributed by atoms with Gasteiger partial charge in [-0.25, -0.2) is 8.42 Å². The van der Waals surface area contributed by atoms with Crippen LogP contribution in [0.25, 0.3) is 0 Å². The summed E-state index contributed by atoms with van der Waals surface area (Å²) in [6.07, 6.45) is 0. The molecule has 132 valence electrons. The molecule has 0 atom stereocenters. The molecular formula is C16H16N2O6S. The number of hydrogen-bond acceptors (Lipinski definition) is 6. The van der Waals surface area contributed by atoms with Gasteiger partial charge in [0.15, 0.2) is 9.84 Å². The van der Waals surface area contributed by atoms with Gasteiger partial charge in [0.1, 0.15) is 11.4 Å². The number of carbonyl (C=O) groups is 1. The number of nitro benzene ring substituents is 1. The molecule has 0 aliphatic carbocycles. The number of rotatable bonds is 6. The summed E-state index contributed by atoms with van der Waals surface area (Å²) in [6, 6.07) is 9.42. The van der Waals surface area contributed by atoms with Crippen molar-refractivity contribution in [3.63, 3.8) is 0 Å². The van der Waals surface area contributed by atoms with Gasteiger partial charge >= 0.3 is 0 Å². The SMILES string of the molecule is CCS(=O)(=O)c1ccc(C(=O)Nc2ccc(OC)cc2[N+](=O)[O-])cc1. The minimum atomic E-state index is -3.36. The lowest BCUT2D eigenvalue weighted by Crippen LogP contribution is -2.13. The zero-order valence-corrected chi connectivity index (χ0v) is 14.4. The molecule has 0 aromatic heterocycles. The summed E-state index contributed by atoms with van der Waals surface area (Å²) in [7, 11) is -1.98. The van der Waals surface area contributed by atoms with Crippen LogP contribution in [0.1, 0.15) is 17.3 Å². The number of nitro groups is 1. The molecule has 0 radical (unpaired) electrons. The minimum absolute atomic E-state index is 0.0149. The predicted octanol–water partition coefficient (Wildman–Crippen LogP) is 2.65. The lowest BCUT2D eigenvalue weighted by Gasteiger charge is -2.08. The van der Waals surface area contributed by atoms with Crippen LogP contribution in [0.15, 0.2) is 47.4 Å². The van der Waals surface area contributed by atoms with E-state index in [-0.39, 0.29) is 27.6 Å². The summed E-state index contributed by atoms with van der Waals surface area (Å²) >= 11 is 0. The number of anilines is 1. The van der Waals surface area contributed by atoms with Crippen molar-refractivity contribution in [2.45, 2.75) is 11.8 Å². The molecule has 2 rings (SSSR count). The lowest BCUT2D eigenvalue weighted by atomic mass is 10.2. The van der Waals surface area contributed by atoms with Gasteiger partial charge in [0, 0.05) is 5.56 Å². The van der Waals surface area contributed by atoms with Gasteiger partial charge in [0.2, 0.25) is 0 Å². The maximum Gasteiger partial charge on any atom is 0.296 e. The van der Waals surface area contributed by atoms with Crippen LogP contribution >= 0.6 is 0 Å². The standard InChI is InChI=1S/C16H16N2O6S/c1-3-25(22,23)13-7-4-11(5-8-13)16(19)17-14-9-6-12(24-2)10-15(14)18(20)21/h4-10H,3H2,1-2H3,(H,17,19). The van der Waals surface area contributed by atoms with E-state index in [1.807, 2.05) is 0 Å². The lowest BCUT2D eigenvalue weighted by molar-refractivity contribution is -0.384. The summed E-state index contributed by atoms with van der Waals surface area (Å²) in [5.41, 5.74) is -0.112. The second-order valence-electron chi connectivity index (χ2n) is 5.02. The molecule has 8 nitrogen and oxygen atoms in total. The van der Waals surface area contributed by atoms with Crippen LogP contribution < -0.4 is 10.1 Å². The van der Waals surface area contributed by atoms with Gasteiger partial charge in [-0.1, -0.05) is 6.92 Å². The van der Waals surface area contributed by atoms with Crippen LogP contribution in [0, 0.1) is 10.1 Å². The first-order chi connectivity index (χ1) is 11.8. The molecular weight excluding hydrogens is 348 g/mol. The quantitative estimate of drug-likeness (QED) is 0.622. The molecule has 0 fully saturated rings. The Labute approximate surface area is 144 Å². The van der Waals surface area contributed by atoms with Crippen LogP contribution in [0.5, 0.6) is 5.75 Å². The van der Waals surface area contributed by atoms with Crippen molar-refractivity contribution in [3.05, 3.63) is 58.1 Å². The molecule has 0 unspecified atom stereocenters. The molecule has 25 heavy (non-hydrogen) atoms. The van der Waals surface area contributed by atoms with E-state index in [4.69, 9.17) is 4.74 Å². The van der Waals surface area contributed by atoms with E-state index in [0.29, 0.717) is 5.75 Å². The van der Waals surface area contributed by atoms with Gasteiger partial charge in [0.25, 0.3) is 11.6 Å². The fraction of sp³-hybridized carbons (Fsp3) is 0.188. The van der Waals surface area contributed by atoms with Crippen molar-refractivity contribution in [2.24, 2.45) is 0 Å². The summed E-state index contributed by atoms with van der Waals surface area (Å²) in [5.74, 6) is -0.344. The number of nitrogens with one attached hydrogen (secondary N) is 1. The number of carbonyl (C=O) groups excluding carboxylic acids is 1.